The summed E-state index contributed by atoms with van der Waals surface area (Å²) >= 11 is 0. The minimum absolute atomic E-state index is 0.241. The molecule has 1 N–H and O–H groups in total. The van der Waals surface area contributed by atoms with Crippen molar-refractivity contribution in [1.82, 2.24) is 9.97 Å². The molecule has 1 aromatic heterocycles. The molecule has 1 aliphatic heterocycles. The summed E-state index contributed by atoms with van der Waals surface area (Å²) in [4.78, 5) is 21.4. The standard InChI is InChI=1S/C13H17N3O2/c17-13(18)10-6-16(7-10)12-5-11(14-8-15-12)9-3-1-2-4-9/h5,8-10H,1-4,6-7H2,(H,17,18). The van der Waals surface area contributed by atoms with Crippen molar-refractivity contribution in [2.45, 2.75) is 31.6 Å². The molecule has 0 amide bonds. The number of carboxylic acids is 1. The maximum absolute atomic E-state index is 10.8. The zero-order chi connectivity index (χ0) is 12.5. The van der Waals surface area contributed by atoms with Crippen molar-refractivity contribution in [2.75, 3.05) is 18.0 Å². The van der Waals surface area contributed by atoms with Gasteiger partial charge in [0.25, 0.3) is 0 Å². The Hall–Kier alpha value is -1.65. The molecule has 0 unspecified atom stereocenters. The number of hydrogen-bond acceptors (Lipinski definition) is 4. The lowest BCUT2D eigenvalue weighted by molar-refractivity contribution is -0.142. The summed E-state index contributed by atoms with van der Waals surface area (Å²) in [7, 11) is 0. The van der Waals surface area contributed by atoms with E-state index in [0.717, 1.165) is 11.5 Å². The Labute approximate surface area is 106 Å². The van der Waals surface area contributed by atoms with Gasteiger partial charge in [-0.05, 0) is 12.8 Å². The summed E-state index contributed by atoms with van der Waals surface area (Å²) < 4.78 is 0. The van der Waals surface area contributed by atoms with Crippen LogP contribution in [0.5, 0.6) is 0 Å². The Balaban J connectivity index is 1.70. The molecular weight excluding hydrogens is 230 g/mol. The van der Waals surface area contributed by atoms with Gasteiger partial charge in [-0.3, -0.25) is 4.79 Å². The third-order valence-electron chi connectivity index (χ3n) is 4.00. The lowest BCUT2D eigenvalue weighted by Crippen LogP contribution is -2.50. The molecule has 1 saturated heterocycles. The molecule has 0 atom stereocenters. The van der Waals surface area contributed by atoms with Crippen molar-refractivity contribution in [3.05, 3.63) is 18.1 Å². The fraction of sp³-hybridized carbons (Fsp3) is 0.615. The fourth-order valence-electron chi connectivity index (χ4n) is 2.80. The summed E-state index contributed by atoms with van der Waals surface area (Å²) in [6, 6.07) is 2.04. The molecule has 18 heavy (non-hydrogen) atoms. The highest BCUT2D eigenvalue weighted by molar-refractivity contribution is 5.74. The Morgan fingerprint density at radius 1 is 1.28 bits per heavy atom. The number of rotatable bonds is 3. The van der Waals surface area contributed by atoms with Gasteiger partial charge in [0.05, 0.1) is 5.92 Å². The maximum atomic E-state index is 10.8. The predicted octanol–water partition coefficient (Wildman–Crippen LogP) is 1.66. The van der Waals surface area contributed by atoms with Gasteiger partial charge in [-0.1, -0.05) is 12.8 Å². The van der Waals surface area contributed by atoms with E-state index in [1.165, 1.54) is 25.7 Å². The van der Waals surface area contributed by atoms with Crippen molar-refractivity contribution in [3.63, 3.8) is 0 Å². The maximum Gasteiger partial charge on any atom is 0.310 e. The van der Waals surface area contributed by atoms with Gasteiger partial charge in [0.15, 0.2) is 0 Å². The molecule has 5 nitrogen and oxygen atoms in total. The van der Waals surface area contributed by atoms with E-state index < -0.39 is 5.97 Å². The van der Waals surface area contributed by atoms with E-state index in [4.69, 9.17) is 5.11 Å². The van der Waals surface area contributed by atoms with E-state index >= 15 is 0 Å². The van der Waals surface area contributed by atoms with E-state index in [0.29, 0.717) is 19.0 Å². The fourth-order valence-corrected chi connectivity index (χ4v) is 2.80. The summed E-state index contributed by atoms with van der Waals surface area (Å²) in [5.74, 6) is 0.499. The second-order valence-corrected chi connectivity index (χ2v) is 5.22. The number of nitrogens with zero attached hydrogens (tertiary/aromatic N) is 3. The van der Waals surface area contributed by atoms with E-state index in [-0.39, 0.29) is 5.92 Å². The number of aromatic nitrogens is 2. The van der Waals surface area contributed by atoms with Gasteiger partial charge in [0.1, 0.15) is 12.1 Å². The van der Waals surface area contributed by atoms with Gasteiger partial charge in [-0.25, -0.2) is 9.97 Å². The zero-order valence-electron chi connectivity index (χ0n) is 10.2. The van der Waals surface area contributed by atoms with Crippen LogP contribution in [0.4, 0.5) is 5.82 Å². The lowest BCUT2D eigenvalue weighted by Gasteiger charge is -2.37. The van der Waals surface area contributed by atoms with Crippen molar-refractivity contribution in [1.29, 1.82) is 0 Å². The van der Waals surface area contributed by atoms with Crippen LogP contribution in [0, 0.1) is 5.92 Å². The van der Waals surface area contributed by atoms with Crippen LogP contribution in [-0.4, -0.2) is 34.1 Å². The molecule has 1 aromatic rings. The number of carbonyl (C=O) groups is 1. The van der Waals surface area contributed by atoms with Crippen molar-refractivity contribution in [3.8, 4) is 0 Å². The number of anilines is 1. The average Bonchev–Trinajstić information content (AvgIpc) is 2.80. The van der Waals surface area contributed by atoms with E-state index in [9.17, 15) is 4.79 Å². The minimum Gasteiger partial charge on any atom is -0.481 e. The summed E-state index contributed by atoms with van der Waals surface area (Å²) in [5, 5.41) is 8.87. The highest BCUT2D eigenvalue weighted by Gasteiger charge is 2.33. The van der Waals surface area contributed by atoms with Gasteiger partial charge in [-0.2, -0.15) is 0 Å². The molecule has 96 valence electrons. The van der Waals surface area contributed by atoms with Crippen LogP contribution < -0.4 is 4.90 Å². The largest absolute Gasteiger partial charge is 0.481 e. The zero-order valence-corrected chi connectivity index (χ0v) is 10.2. The molecule has 0 spiro atoms. The van der Waals surface area contributed by atoms with Crippen LogP contribution >= 0.6 is 0 Å². The monoisotopic (exact) mass is 247 g/mol. The topological polar surface area (TPSA) is 66.3 Å². The molecule has 5 heteroatoms. The number of aliphatic carboxylic acids is 1. The summed E-state index contributed by atoms with van der Waals surface area (Å²) in [5.41, 5.74) is 1.12. The molecule has 0 aromatic carbocycles. The molecule has 2 heterocycles. The summed E-state index contributed by atoms with van der Waals surface area (Å²) in [6.45, 7) is 1.13. The molecule has 2 aliphatic rings. The second-order valence-electron chi connectivity index (χ2n) is 5.22. The van der Waals surface area contributed by atoms with Gasteiger partial charge in [0, 0.05) is 30.8 Å². The molecule has 3 rings (SSSR count). The molecule has 0 radical (unpaired) electrons. The van der Waals surface area contributed by atoms with E-state index in [1.807, 2.05) is 11.0 Å². The Kier molecular flexibility index (Phi) is 2.89. The van der Waals surface area contributed by atoms with Crippen molar-refractivity contribution < 1.29 is 9.90 Å². The van der Waals surface area contributed by atoms with Gasteiger partial charge in [0.2, 0.25) is 0 Å². The smallest absolute Gasteiger partial charge is 0.310 e. The molecular formula is C13H17N3O2. The Morgan fingerprint density at radius 2 is 2.00 bits per heavy atom. The highest BCUT2D eigenvalue weighted by Crippen LogP contribution is 2.34. The highest BCUT2D eigenvalue weighted by atomic mass is 16.4. The van der Waals surface area contributed by atoms with Crippen LogP contribution in [0.1, 0.15) is 37.3 Å². The van der Waals surface area contributed by atoms with Crippen molar-refractivity contribution in [2.24, 2.45) is 5.92 Å². The normalized spacial score (nSPS) is 21.0. The first kappa shape index (κ1) is 11.4. The van der Waals surface area contributed by atoms with Gasteiger partial charge < -0.3 is 10.0 Å². The molecule has 2 fully saturated rings. The van der Waals surface area contributed by atoms with E-state index in [1.54, 1.807) is 6.33 Å². The van der Waals surface area contributed by atoms with Crippen LogP contribution in [0.25, 0.3) is 0 Å². The number of carboxylic acid groups (broad SMARTS) is 1. The van der Waals surface area contributed by atoms with Gasteiger partial charge in [-0.15, -0.1) is 0 Å². The average molecular weight is 247 g/mol. The van der Waals surface area contributed by atoms with Crippen LogP contribution in [0.15, 0.2) is 12.4 Å². The lowest BCUT2D eigenvalue weighted by atomic mass is 9.99. The Morgan fingerprint density at radius 3 is 2.67 bits per heavy atom. The second kappa shape index (κ2) is 4.55. The first-order valence-electron chi connectivity index (χ1n) is 6.54. The van der Waals surface area contributed by atoms with Crippen LogP contribution in [-0.2, 0) is 4.79 Å². The number of hydrogen-bond donors (Lipinski definition) is 1. The SMILES string of the molecule is O=C(O)C1CN(c2cc(C3CCCC3)ncn2)C1. The third kappa shape index (κ3) is 2.05. The van der Waals surface area contributed by atoms with Crippen LogP contribution in [0.2, 0.25) is 0 Å². The van der Waals surface area contributed by atoms with E-state index in [2.05, 4.69) is 9.97 Å². The third-order valence-corrected chi connectivity index (χ3v) is 4.00. The van der Waals surface area contributed by atoms with Crippen molar-refractivity contribution >= 4 is 11.8 Å². The quantitative estimate of drug-likeness (QED) is 0.879. The molecule has 0 bridgehead atoms. The van der Waals surface area contributed by atoms with Gasteiger partial charge >= 0.3 is 5.97 Å². The minimum atomic E-state index is -0.712. The van der Waals surface area contributed by atoms with Crippen LogP contribution in [0.3, 0.4) is 0 Å². The first-order chi connectivity index (χ1) is 8.74. The first-order valence-corrected chi connectivity index (χ1v) is 6.54. The summed E-state index contributed by atoms with van der Waals surface area (Å²) in [6.07, 6.45) is 6.61. The predicted molar refractivity (Wildman–Crippen MR) is 66.6 cm³/mol. The molecule has 1 aliphatic carbocycles. The molecule has 1 saturated carbocycles. The Bertz CT molecular complexity index is 451.